The molecule has 1 heterocycles. The van der Waals surface area contributed by atoms with Crippen LogP contribution in [-0.2, 0) is 36.7 Å². The number of phenols is 1. The summed E-state index contributed by atoms with van der Waals surface area (Å²) in [5, 5.41) is 18.0. The molecule has 1 atom stereocenters. The largest absolute Gasteiger partial charge is 0.673 e. The minimum absolute atomic E-state index is 0. The van der Waals surface area contributed by atoms with E-state index in [4.69, 9.17) is 10.3 Å². The van der Waals surface area contributed by atoms with Crippen molar-refractivity contribution < 1.29 is 30.9 Å². The number of aromatic nitrogens is 1. The van der Waals surface area contributed by atoms with Gasteiger partial charge in [-0.25, -0.2) is 0 Å². The molecule has 316 valence electrons. The first kappa shape index (κ1) is 50.1. The van der Waals surface area contributed by atoms with Gasteiger partial charge in [0.1, 0.15) is 5.75 Å². The van der Waals surface area contributed by atoms with Crippen molar-refractivity contribution in [3.63, 3.8) is 0 Å². The molecule has 0 radical (unpaired) electrons. The Labute approximate surface area is 383 Å². The van der Waals surface area contributed by atoms with E-state index in [0.717, 1.165) is 50.5 Å². The molecule has 0 fully saturated rings. The van der Waals surface area contributed by atoms with Crippen molar-refractivity contribution >= 4 is 5.69 Å². The van der Waals surface area contributed by atoms with Gasteiger partial charge in [-0.15, -0.1) is 5.69 Å². The molecule has 4 heteroatoms. The van der Waals surface area contributed by atoms with Gasteiger partial charge in [0.2, 0.25) is 0 Å². The molecule has 6 rings (SSSR count). The van der Waals surface area contributed by atoms with Gasteiger partial charge in [-0.2, -0.15) is 0 Å². The number of rotatable bonds is 10. The molecule has 0 saturated heterocycles. The summed E-state index contributed by atoms with van der Waals surface area (Å²) in [6.07, 6.45) is 0. The molecule has 1 unspecified atom stereocenters. The maximum Gasteiger partial charge on any atom is 0.131 e. The smallest absolute Gasteiger partial charge is 0.131 e. The summed E-state index contributed by atoms with van der Waals surface area (Å²) in [7, 11) is 0. The van der Waals surface area contributed by atoms with Crippen LogP contribution < -0.4 is 0 Å². The second-order valence-electron chi connectivity index (χ2n) is 18.9. The van der Waals surface area contributed by atoms with Crippen LogP contribution >= 0.6 is 0 Å². The topological polar surface area (TPSA) is 47.2 Å². The van der Waals surface area contributed by atoms with Crippen LogP contribution in [0.5, 0.6) is 5.75 Å². The Bertz CT molecular complexity index is 2310. The van der Waals surface area contributed by atoms with Crippen LogP contribution in [0.1, 0.15) is 152 Å². The number of hydrogen-bond donors (Lipinski definition) is 1. The SMILES string of the molecule is Cc1cc(-c2cc(C(C)(C)C)cc(C(C)(C)C)c2)c(O)c(-c2ccccc2-c2cccc(C([N-]c3c(C(C)C)cccc3C(C)C)c3ccccc3C(C)C)n2)c1.[CH3-].[CH3-].[Hf]. The molecule has 0 spiro atoms. The van der Waals surface area contributed by atoms with Crippen LogP contribution in [0.3, 0.4) is 0 Å². The average Bonchev–Trinajstić information content (AvgIpc) is 3.16. The average molecular weight is 965 g/mol. The van der Waals surface area contributed by atoms with Gasteiger partial charge < -0.3 is 25.3 Å². The zero-order valence-corrected chi connectivity index (χ0v) is 42.7. The quantitative estimate of drug-likeness (QED) is 0.110. The molecule has 0 aliphatic rings. The second kappa shape index (κ2) is 20.1. The zero-order chi connectivity index (χ0) is 41.4. The van der Waals surface area contributed by atoms with Crippen molar-refractivity contribution in [3.8, 4) is 39.3 Å². The third-order valence-corrected chi connectivity index (χ3v) is 11.3. The van der Waals surface area contributed by atoms with Gasteiger partial charge in [-0.3, -0.25) is 4.98 Å². The second-order valence-corrected chi connectivity index (χ2v) is 18.9. The summed E-state index contributed by atoms with van der Waals surface area (Å²) in [4.78, 5) is 5.49. The van der Waals surface area contributed by atoms with Gasteiger partial charge in [0, 0.05) is 48.2 Å². The molecule has 0 amide bonds. The summed E-state index contributed by atoms with van der Waals surface area (Å²) in [6, 6.07) is 40.8. The van der Waals surface area contributed by atoms with Crippen LogP contribution in [0.2, 0.25) is 0 Å². The van der Waals surface area contributed by atoms with Crippen LogP contribution in [0.15, 0.2) is 115 Å². The van der Waals surface area contributed by atoms with E-state index in [-0.39, 0.29) is 63.3 Å². The molecular weight excluding hydrogens is 895 g/mol. The first-order valence-electron chi connectivity index (χ1n) is 20.8. The summed E-state index contributed by atoms with van der Waals surface area (Å²) in [5.74, 6) is 1.23. The van der Waals surface area contributed by atoms with Crippen LogP contribution in [0.25, 0.3) is 38.8 Å². The molecule has 1 N–H and O–H groups in total. The minimum Gasteiger partial charge on any atom is -0.673 e. The van der Waals surface area contributed by atoms with Crippen LogP contribution in [0, 0.1) is 21.8 Å². The summed E-state index contributed by atoms with van der Waals surface area (Å²) in [6.45, 7) is 29.1. The fourth-order valence-corrected chi connectivity index (χ4v) is 7.92. The molecule has 0 saturated carbocycles. The number of benzene rings is 5. The number of phenolic OH excluding ortho intramolecular Hbond substituents is 1. The van der Waals surface area contributed by atoms with E-state index >= 15 is 0 Å². The Kier molecular flexibility index (Phi) is 16.7. The summed E-state index contributed by atoms with van der Waals surface area (Å²) in [5.41, 5.74) is 15.8. The Morgan fingerprint density at radius 1 is 0.517 bits per heavy atom. The minimum atomic E-state index is -0.320. The van der Waals surface area contributed by atoms with E-state index in [9.17, 15) is 5.11 Å². The molecular formula is C56H69HfN2O-3. The summed E-state index contributed by atoms with van der Waals surface area (Å²) >= 11 is 0. The monoisotopic (exact) mass is 965 g/mol. The fourth-order valence-electron chi connectivity index (χ4n) is 7.92. The van der Waals surface area contributed by atoms with E-state index in [1.54, 1.807) is 0 Å². The third kappa shape index (κ3) is 10.8. The Morgan fingerprint density at radius 2 is 0.983 bits per heavy atom. The first-order valence-corrected chi connectivity index (χ1v) is 20.8. The van der Waals surface area contributed by atoms with Crippen LogP contribution in [-0.4, -0.2) is 10.1 Å². The number of pyridine rings is 1. The van der Waals surface area contributed by atoms with Crippen molar-refractivity contribution in [3.05, 3.63) is 180 Å². The molecule has 60 heavy (non-hydrogen) atoms. The van der Waals surface area contributed by atoms with Gasteiger partial charge in [0.15, 0.2) is 0 Å². The maximum absolute atomic E-state index is 12.3. The van der Waals surface area contributed by atoms with Crippen molar-refractivity contribution in [1.82, 2.24) is 4.98 Å². The van der Waals surface area contributed by atoms with E-state index in [1.807, 2.05) is 0 Å². The van der Waals surface area contributed by atoms with Gasteiger partial charge in [-0.05, 0) is 99.2 Å². The van der Waals surface area contributed by atoms with Crippen molar-refractivity contribution in [2.24, 2.45) is 0 Å². The number of aryl methyl sites for hydroxylation is 1. The molecule has 5 aromatic carbocycles. The number of aromatic hydroxyl groups is 1. The van der Waals surface area contributed by atoms with Gasteiger partial charge >= 0.3 is 0 Å². The standard InChI is InChI=1S/C54H63N2O.2CH3.Hf/c1-33(2)40-20-14-17-23-45(40)51(56-50-41(34(3)4)24-18-25-42(50)35(5)6)49-27-19-26-48(55-49)44-22-16-15-21-43(44)47-29-36(7)28-46(52(47)57)37-30-38(53(8,9)10)32-39(31-37)54(11,12)13;;;/h14-35,51H,1-13H3,(H,55,57);2*1H3;/q3*-1;. The van der Waals surface area contributed by atoms with E-state index in [1.165, 1.54) is 33.4 Å². The predicted molar refractivity (Wildman–Crippen MR) is 257 cm³/mol. The van der Waals surface area contributed by atoms with E-state index in [0.29, 0.717) is 17.8 Å². The van der Waals surface area contributed by atoms with Gasteiger partial charge in [0.25, 0.3) is 0 Å². The van der Waals surface area contributed by atoms with Crippen LogP contribution in [0.4, 0.5) is 5.69 Å². The normalized spacial score (nSPS) is 12.1. The number of para-hydroxylation sites is 1. The van der Waals surface area contributed by atoms with Gasteiger partial charge in [0.05, 0.1) is 5.69 Å². The van der Waals surface area contributed by atoms with Crippen molar-refractivity contribution in [2.75, 3.05) is 0 Å². The molecule has 6 aromatic rings. The van der Waals surface area contributed by atoms with Crippen molar-refractivity contribution in [1.29, 1.82) is 0 Å². The molecule has 1 aromatic heterocycles. The van der Waals surface area contributed by atoms with E-state index < -0.39 is 0 Å². The molecule has 0 aliphatic heterocycles. The predicted octanol–water partition coefficient (Wildman–Crippen LogP) is 16.8. The Morgan fingerprint density at radius 3 is 1.52 bits per heavy atom. The van der Waals surface area contributed by atoms with Gasteiger partial charge in [-0.1, -0.05) is 191 Å². The third-order valence-electron chi connectivity index (χ3n) is 11.3. The number of nitrogens with zero attached hydrogens (tertiary/aromatic N) is 2. The Hall–Kier alpha value is -4.28. The Balaban J connectivity index is 0.00000320. The summed E-state index contributed by atoms with van der Waals surface area (Å²) < 4.78 is 0. The molecule has 3 nitrogen and oxygen atoms in total. The van der Waals surface area contributed by atoms with Crippen molar-refractivity contribution in [2.45, 2.75) is 125 Å². The number of hydrogen-bond acceptors (Lipinski definition) is 2. The molecule has 0 bridgehead atoms. The molecule has 0 aliphatic carbocycles. The zero-order valence-electron chi connectivity index (χ0n) is 39.1. The first-order chi connectivity index (χ1) is 26.8. The van der Waals surface area contributed by atoms with E-state index in [2.05, 4.69) is 205 Å². The maximum atomic E-state index is 12.3. The fraction of sp³-hybridized carbons (Fsp3) is 0.339.